The number of esters is 1. The fraction of sp³-hybridized carbons (Fsp3) is 0.818. The molecular weight excluding hydrogens is 376 g/mol. The van der Waals surface area contributed by atoms with E-state index < -0.39 is 63.6 Å². The minimum atomic E-state index is -2.18. The molecule has 0 spiro atoms. The molecule has 3 fully saturated rings. The van der Waals surface area contributed by atoms with Gasteiger partial charge in [-0.05, 0) is 32.1 Å². The molecule has 1 heterocycles. The summed E-state index contributed by atoms with van der Waals surface area (Å²) in [7, 11) is 0. The van der Waals surface area contributed by atoms with Crippen LogP contribution in [0, 0.1) is 16.7 Å². The van der Waals surface area contributed by atoms with Crippen molar-refractivity contribution < 1.29 is 34.4 Å². The van der Waals surface area contributed by atoms with Crippen molar-refractivity contribution in [2.75, 3.05) is 0 Å². The van der Waals surface area contributed by atoms with Crippen LogP contribution in [0.15, 0.2) is 12.7 Å². The quantitative estimate of drug-likeness (QED) is 0.467. The Kier molecular flexibility index (Phi) is 4.91. The largest absolute Gasteiger partial charge is 0.457 e. The molecule has 0 unspecified atom stereocenters. The molecule has 0 aromatic carbocycles. The van der Waals surface area contributed by atoms with Gasteiger partial charge in [0.05, 0.1) is 17.8 Å². The third-order valence-corrected chi connectivity index (χ3v) is 8.02. The summed E-state index contributed by atoms with van der Waals surface area (Å²) in [5, 5.41) is 34.7. The van der Waals surface area contributed by atoms with Crippen LogP contribution >= 0.6 is 0 Å². The lowest BCUT2D eigenvalue weighted by Gasteiger charge is -2.71. The Morgan fingerprint density at radius 2 is 1.83 bits per heavy atom. The Hall–Kier alpha value is -1.28. The summed E-state index contributed by atoms with van der Waals surface area (Å²) in [5.74, 6) is -1.87. The Balaban J connectivity index is 2.33. The van der Waals surface area contributed by atoms with E-state index in [1.165, 1.54) is 19.9 Å². The van der Waals surface area contributed by atoms with Gasteiger partial charge in [-0.15, -0.1) is 6.58 Å². The lowest BCUT2D eigenvalue weighted by atomic mass is 9.40. The zero-order valence-electron chi connectivity index (χ0n) is 18.2. The molecule has 1 saturated heterocycles. The van der Waals surface area contributed by atoms with Gasteiger partial charge in [-0.1, -0.05) is 26.8 Å². The minimum Gasteiger partial charge on any atom is -0.457 e. The second-order valence-electron chi connectivity index (χ2n) is 10.4. The van der Waals surface area contributed by atoms with Crippen LogP contribution in [0.1, 0.15) is 60.8 Å². The number of ether oxygens (including phenoxy) is 2. The van der Waals surface area contributed by atoms with E-state index in [9.17, 15) is 24.9 Å². The van der Waals surface area contributed by atoms with Crippen LogP contribution in [-0.2, 0) is 19.1 Å². The van der Waals surface area contributed by atoms with Gasteiger partial charge in [-0.2, -0.15) is 0 Å². The van der Waals surface area contributed by atoms with E-state index in [0.717, 1.165) is 0 Å². The number of hydrogen-bond donors (Lipinski definition) is 3. The molecule has 7 nitrogen and oxygen atoms in total. The standard InChI is InChI=1S/C22H34O7/c1-8-19(5)11-14(25)22(27)20(6)13(24)9-10-18(3,4)16(20)15(26)17(28-12(2)23)21(22,7)29-19/h8,13,15-17,24,26-27H,1,9-11H2,2-7H3/t13-,15+,16+,17+,19+,20+,21+,22+/m0/s1. The number of ketones is 1. The maximum Gasteiger partial charge on any atom is 0.303 e. The third kappa shape index (κ3) is 2.63. The van der Waals surface area contributed by atoms with E-state index in [-0.39, 0.29) is 6.42 Å². The highest BCUT2D eigenvalue weighted by Gasteiger charge is 2.81. The van der Waals surface area contributed by atoms with Gasteiger partial charge in [-0.3, -0.25) is 9.59 Å². The molecule has 2 saturated carbocycles. The Morgan fingerprint density at radius 3 is 2.34 bits per heavy atom. The van der Waals surface area contributed by atoms with E-state index in [1.54, 1.807) is 13.8 Å². The van der Waals surface area contributed by atoms with E-state index in [2.05, 4.69) is 6.58 Å². The summed E-state index contributed by atoms with van der Waals surface area (Å²) in [6.07, 6.45) is -1.29. The molecule has 3 N–H and O–H groups in total. The predicted octanol–water partition coefficient (Wildman–Crippen LogP) is 1.52. The molecule has 8 atom stereocenters. The molecule has 29 heavy (non-hydrogen) atoms. The van der Waals surface area contributed by atoms with Gasteiger partial charge in [0.15, 0.2) is 17.5 Å². The van der Waals surface area contributed by atoms with Crippen molar-refractivity contribution in [2.45, 2.75) is 95.9 Å². The maximum absolute atomic E-state index is 13.6. The number of rotatable bonds is 2. The van der Waals surface area contributed by atoms with Crippen molar-refractivity contribution in [1.29, 1.82) is 0 Å². The highest BCUT2D eigenvalue weighted by atomic mass is 16.6. The van der Waals surface area contributed by atoms with Crippen molar-refractivity contribution in [3.8, 4) is 0 Å². The zero-order chi connectivity index (χ0) is 22.2. The van der Waals surface area contributed by atoms with E-state index in [1.807, 2.05) is 13.8 Å². The Bertz CT molecular complexity index is 747. The molecule has 0 radical (unpaired) electrons. The van der Waals surface area contributed by atoms with Gasteiger partial charge >= 0.3 is 5.97 Å². The molecule has 0 aromatic rings. The number of aliphatic hydroxyl groups excluding tert-OH is 2. The summed E-state index contributed by atoms with van der Waals surface area (Å²) < 4.78 is 11.8. The van der Waals surface area contributed by atoms with Crippen LogP contribution in [0.3, 0.4) is 0 Å². The van der Waals surface area contributed by atoms with Crippen LogP contribution in [0.5, 0.6) is 0 Å². The fourth-order valence-electron chi connectivity index (χ4n) is 6.66. The summed E-state index contributed by atoms with van der Waals surface area (Å²) in [4.78, 5) is 25.5. The number of carbonyl (C=O) groups excluding carboxylic acids is 2. The van der Waals surface area contributed by atoms with Crippen molar-refractivity contribution in [2.24, 2.45) is 16.7 Å². The normalized spacial score (nSPS) is 51.6. The SMILES string of the molecule is C=C[C@]1(C)CC(=O)[C@@]2(O)[C@@]3(C)[C@H]([C@@H](O)[C@@H](OC(C)=O)[C@@]2(C)O1)C(C)(C)CC[C@@H]3O. The average Bonchev–Trinajstić information content (AvgIpc) is 2.59. The first kappa shape index (κ1) is 22.4. The molecule has 0 aromatic heterocycles. The second-order valence-corrected chi connectivity index (χ2v) is 10.4. The van der Waals surface area contributed by atoms with Gasteiger partial charge < -0.3 is 24.8 Å². The van der Waals surface area contributed by atoms with Crippen LogP contribution in [-0.4, -0.2) is 62.2 Å². The van der Waals surface area contributed by atoms with E-state index in [0.29, 0.717) is 12.8 Å². The minimum absolute atomic E-state index is 0.138. The summed E-state index contributed by atoms with van der Waals surface area (Å²) in [6, 6.07) is 0. The highest BCUT2D eigenvalue weighted by molar-refractivity contribution is 5.92. The number of carbonyl (C=O) groups is 2. The molecule has 164 valence electrons. The smallest absolute Gasteiger partial charge is 0.303 e. The predicted molar refractivity (Wildman–Crippen MR) is 105 cm³/mol. The molecule has 2 aliphatic carbocycles. The summed E-state index contributed by atoms with van der Waals surface area (Å²) in [6.45, 7) is 13.6. The van der Waals surface area contributed by atoms with Crippen LogP contribution in [0.2, 0.25) is 0 Å². The Labute approximate surface area is 172 Å². The highest BCUT2D eigenvalue weighted by Crippen LogP contribution is 2.66. The average molecular weight is 411 g/mol. The molecular formula is C22H34O7. The first-order valence-corrected chi connectivity index (χ1v) is 10.2. The molecule has 3 rings (SSSR count). The third-order valence-electron chi connectivity index (χ3n) is 8.02. The Morgan fingerprint density at radius 1 is 1.24 bits per heavy atom. The molecule has 0 bridgehead atoms. The first-order chi connectivity index (χ1) is 13.1. The van der Waals surface area contributed by atoms with E-state index >= 15 is 0 Å². The molecule has 7 heteroatoms. The van der Waals surface area contributed by atoms with Gasteiger partial charge in [0.2, 0.25) is 0 Å². The van der Waals surface area contributed by atoms with Crippen molar-refractivity contribution in [1.82, 2.24) is 0 Å². The van der Waals surface area contributed by atoms with E-state index in [4.69, 9.17) is 9.47 Å². The molecule has 1 aliphatic heterocycles. The first-order valence-electron chi connectivity index (χ1n) is 10.2. The molecule has 3 aliphatic rings. The van der Waals surface area contributed by atoms with Gasteiger partial charge in [0.1, 0.15) is 5.60 Å². The van der Waals surface area contributed by atoms with Crippen molar-refractivity contribution in [3.63, 3.8) is 0 Å². The summed E-state index contributed by atoms with van der Waals surface area (Å²) >= 11 is 0. The number of Topliss-reactive ketones (excluding diaryl/α,β-unsaturated/α-hetero) is 1. The number of fused-ring (bicyclic) bond motifs is 3. The van der Waals surface area contributed by atoms with Crippen LogP contribution < -0.4 is 0 Å². The maximum atomic E-state index is 13.6. The second kappa shape index (κ2) is 6.36. The summed E-state index contributed by atoms with van der Waals surface area (Å²) in [5.41, 5.74) is -7.00. The van der Waals surface area contributed by atoms with Crippen molar-refractivity contribution in [3.05, 3.63) is 12.7 Å². The van der Waals surface area contributed by atoms with Gasteiger partial charge in [0, 0.05) is 24.7 Å². The van der Waals surface area contributed by atoms with Gasteiger partial charge in [-0.25, -0.2) is 0 Å². The fourth-order valence-corrected chi connectivity index (χ4v) is 6.66. The van der Waals surface area contributed by atoms with Gasteiger partial charge in [0.25, 0.3) is 0 Å². The van der Waals surface area contributed by atoms with Crippen LogP contribution in [0.25, 0.3) is 0 Å². The van der Waals surface area contributed by atoms with Crippen LogP contribution in [0.4, 0.5) is 0 Å². The lowest BCUT2D eigenvalue weighted by molar-refractivity contribution is -0.370. The molecule has 0 amide bonds. The monoisotopic (exact) mass is 410 g/mol. The zero-order valence-corrected chi connectivity index (χ0v) is 18.2. The van der Waals surface area contributed by atoms with Crippen molar-refractivity contribution >= 4 is 11.8 Å². The number of hydrogen-bond acceptors (Lipinski definition) is 7. The topological polar surface area (TPSA) is 113 Å². The number of aliphatic hydroxyl groups is 3. The lowest BCUT2D eigenvalue weighted by Crippen LogP contribution is -2.86.